The van der Waals surface area contributed by atoms with E-state index in [0.29, 0.717) is 16.7 Å². The first-order chi connectivity index (χ1) is 27.2. The van der Waals surface area contributed by atoms with Gasteiger partial charge in [0, 0.05) is 27.5 Å². The van der Waals surface area contributed by atoms with Crippen LogP contribution in [-0.2, 0) is 0 Å². The van der Waals surface area contributed by atoms with Crippen LogP contribution in [0.4, 0.5) is 0 Å². The first-order valence-corrected chi connectivity index (χ1v) is 15.9. The molecule has 2 aromatic heterocycles. The third-order valence-electron chi connectivity index (χ3n) is 9.02. The lowest BCUT2D eigenvalue weighted by Crippen LogP contribution is -2.00. The SMILES string of the molecule is [2H]c1c([2H])c([2H])c2c(-c3nc(-c4ccccc4)nc(-c4ccc5oc6cc(-c7cccc8ccccc78)c7ccccc7c6c5c4)n3)c([2H])c([2H])c([2H])c2c1[2H]. The Morgan fingerprint density at radius 1 is 0.408 bits per heavy atom. The Bertz CT molecular complexity index is 3280. The van der Waals surface area contributed by atoms with Gasteiger partial charge in [-0.3, -0.25) is 0 Å². The molecule has 0 radical (unpaired) electrons. The number of nitrogens with zero attached hydrogens (tertiary/aromatic N) is 3. The molecule has 2 heterocycles. The summed E-state index contributed by atoms with van der Waals surface area (Å²) in [4.78, 5) is 14.5. The molecule has 0 saturated carbocycles. The van der Waals surface area contributed by atoms with Crippen LogP contribution >= 0.6 is 0 Å². The molecule has 4 nitrogen and oxygen atoms in total. The summed E-state index contributed by atoms with van der Waals surface area (Å²) in [6.07, 6.45) is 0. The van der Waals surface area contributed by atoms with Crippen molar-refractivity contribution in [2.45, 2.75) is 0 Å². The molecule has 0 aliphatic rings. The Hall–Kier alpha value is -6.65. The zero-order valence-corrected chi connectivity index (χ0v) is 25.8. The van der Waals surface area contributed by atoms with Gasteiger partial charge in [-0.1, -0.05) is 139 Å². The van der Waals surface area contributed by atoms with Crippen LogP contribution in [0.1, 0.15) is 9.60 Å². The van der Waals surface area contributed by atoms with Crippen molar-refractivity contribution >= 4 is 54.3 Å². The molecule has 0 aliphatic carbocycles. The van der Waals surface area contributed by atoms with Crippen molar-refractivity contribution in [1.29, 1.82) is 0 Å². The lowest BCUT2D eigenvalue weighted by Gasteiger charge is -2.11. The standard InChI is InChI=1S/C45H27N3O/c1-2-14-30(15-3-1)43-46-44(48-45(47-43)37-23-11-17-29-13-5-7-19-33(29)37)31-24-25-40-39(26-31)42-36-21-9-8-20-35(36)38(27-41(42)49-40)34-22-10-16-28-12-4-6-18-32(28)34/h1-27H/i5D,7D,11D,13D,17D,19D,23D. The summed E-state index contributed by atoms with van der Waals surface area (Å²) in [7, 11) is 0. The molecule has 0 saturated heterocycles. The average molecular weight is 633 g/mol. The molecule has 4 heteroatoms. The highest BCUT2D eigenvalue weighted by atomic mass is 16.3. The Morgan fingerprint density at radius 2 is 1.12 bits per heavy atom. The van der Waals surface area contributed by atoms with Gasteiger partial charge in [0.15, 0.2) is 17.5 Å². The van der Waals surface area contributed by atoms with E-state index in [1.165, 1.54) is 0 Å². The van der Waals surface area contributed by atoms with E-state index in [-0.39, 0.29) is 33.8 Å². The van der Waals surface area contributed by atoms with Crippen molar-refractivity contribution in [2.75, 3.05) is 0 Å². The number of rotatable bonds is 4. The third-order valence-corrected chi connectivity index (χ3v) is 9.02. The van der Waals surface area contributed by atoms with Gasteiger partial charge in [0.2, 0.25) is 0 Å². The maximum Gasteiger partial charge on any atom is 0.164 e. The van der Waals surface area contributed by atoms with Crippen molar-refractivity contribution in [3.05, 3.63) is 164 Å². The Balaban J connectivity index is 1.24. The maximum absolute atomic E-state index is 9.00. The molecular weight excluding hydrogens is 599 g/mol. The number of furan rings is 1. The molecule has 0 bridgehead atoms. The molecule has 10 aromatic rings. The van der Waals surface area contributed by atoms with E-state index < -0.39 is 42.3 Å². The van der Waals surface area contributed by atoms with Crippen LogP contribution < -0.4 is 0 Å². The van der Waals surface area contributed by atoms with E-state index in [0.717, 1.165) is 49.0 Å². The van der Waals surface area contributed by atoms with Crippen LogP contribution in [-0.4, -0.2) is 15.0 Å². The zero-order chi connectivity index (χ0) is 38.4. The van der Waals surface area contributed by atoms with Gasteiger partial charge < -0.3 is 4.42 Å². The second kappa shape index (κ2) is 11.0. The van der Waals surface area contributed by atoms with E-state index in [9.17, 15) is 0 Å². The van der Waals surface area contributed by atoms with E-state index >= 15 is 0 Å². The molecule has 0 aliphatic heterocycles. The van der Waals surface area contributed by atoms with Gasteiger partial charge in [-0.25, -0.2) is 15.0 Å². The van der Waals surface area contributed by atoms with Gasteiger partial charge in [-0.15, -0.1) is 0 Å². The summed E-state index contributed by atoms with van der Waals surface area (Å²) < 4.78 is 67.0. The van der Waals surface area contributed by atoms with Crippen LogP contribution in [0.5, 0.6) is 0 Å². The van der Waals surface area contributed by atoms with Crippen molar-refractivity contribution in [2.24, 2.45) is 0 Å². The molecule has 49 heavy (non-hydrogen) atoms. The van der Waals surface area contributed by atoms with Crippen LogP contribution in [0.15, 0.2) is 168 Å². The molecule has 0 fully saturated rings. The minimum Gasteiger partial charge on any atom is -0.456 e. The fourth-order valence-corrected chi connectivity index (χ4v) is 6.78. The third kappa shape index (κ3) is 4.49. The van der Waals surface area contributed by atoms with Crippen molar-refractivity contribution in [1.82, 2.24) is 15.0 Å². The smallest absolute Gasteiger partial charge is 0.164 e. The first kappa shape index (κ1) is 21.3. The van der Waals surface area contributed by atoms with Gasteiger partial charge in [0.25, 0.3) is 0 Å². The largest absolute Gasteiger partial charge is 0.456 e. The van der Waals surface area contributed by atoms with E-state index in [2.05, 4.69) is 48.5 Å². The maximum atomic E-state index is 9.00. The number of aromatic nitrogens is 3. The topological polar surface area (TPSA) is 51.8 Å². The molecule has 0 unspecified atom stereocenters. The Morgan fingerprint density at radius 3 is 2.02 bits per heavy atom. The van der Waals surface area contributed by atoms with Gasteiger partial charge in [-0.05, 0) is 67.7 Å². The summed E-state index contributed by atoms with van der Waals surface area (Å²) in [5, 5.41) is 5.89. The molecule has 0 N–H and O–H groups in total. The second-order valence-corrected chi connectivity index (χ2v) is 11.9. The molecule has 0 amide bonds. The first-order valence-electron chi connectivity index (χ1n) is 19.4. The summed E-state index contributed by atoms with van der Waals surface area (Å²) in [5.41, 5.74) is 4.75. The molecule has 8 aromatic carbocycles. The normalized spacial score (nSPS) is 13.7. The highest BCUT2D eigenvalue weighted by Gasteiger charge is 2.19. The predicted molar refractivity (Wildman–Crippen MR) is 201 cm³/mol. The highest BCUT2D eigenvalue weighted by Crippen LogP contribution is 2.42. The van der Waals surface area contributed by atoms with E-state index in [4.69, 9.17) is 29.0 Å². The number of fused-ring (bicyclic) bond motifs is 7. The van der Waals surface area contributed by atoms with Gasteiger partial charge in [0.05, 0.1) is 9.60 Å². The zero-order valence-electron chi connectivity index (χ0n) is 32.8. The fraction of sp³-hybridized carbons (Fsp3) is 0. The number of hydrogen-bond donors (Lipinski definition) is 0. The summed E-state index contributed by atoms with van der Waals surface area (Å²) >= 11 is 0. The summed E-state index contributed by atoms with van der Waals surface area (Å²) in [5.74, 6) is 0.462. The molecule has 228 valence electrons. The van der Waals surface area contributed by atoms with Crippen molar-refractivity contribution in [3.8, 4) is 45.3 Å². The van der Waals surface area contributed by atoms with Gasteiger partial charge >= 0.3 is 0 Å². The van der Waals surface area contributed by atoms with Crippen LogP contribution in [0.25, 0.3) is 99.5 Å². The fourth-order valence-electron chi connectivity index (χ4n) is 6.78. The Labute approximate surface area is 291 Å². The minimum absolute atomic E-state index is 0.0512. The quantitative estimate of drug-likeness (QED) is 0.194. The molecule has 0 spiro atoms. The highest BCUT2D eigenvalue weighted by molar-refractivity contribution is 6.23. The van der Waals surface area contributed by atoms with E-state index in [1.807, 2.05) is 72.8 Å². The van der Waals surface area contributed by atoms with Crippen LogP contribution in [0.3, 0.4) is 0 Å². The minimum atomic E-state index is -0.530. The summed E-state index contributed by atoms with van der Waals surface area (Å²) in [6, 6.07) is 36.6. The predicted octanol–water partition coefficient (Wildman–Crippen LogP) is 11.9. The van der Waals surface area contributed by atoms with E-state index in [1.54, 1.807) is 0 Å². The van der Waals surface area contributed by atoms with Crippen molar-refractivity contribution < 1.29 is 14.0 Å². The van der Waals surface area contributed by atoms with Gasteiger partial charge in [-0.2, -0.15) is 0 Å². The molecule has 0 atom stereocenters. The number of benzene rings is 8. The monoisotopic (exact) mass is 632 g/mol. The second-order valence-electron chi connectivity index (χ2n) is 11.9. The molecular formula is C45H27N3O. The number of hydrogen-bond acceptors (Lipinski definition) is 4. The van der Waals surface area contributed by atoms with Crippen molar-refractivity contribution in [3.63, 3.8) is 0 Å². The average Bonchev–Trinajstić information content (AvgIpc) is 3.61. The lowest BCUT2D eigenvalue weighted by atomic mass is 9.92. The van der Waals surface area contributed by atoms with Crippen LogP contribution in [0, 0.1) is 0 Å². The lowest BCUT2D eigenvalue weighted by molar-refractivity contribution is 0.669. The molecule has 10 rings (SSSR count). The van der Waals surface area contributed by atoms with Crippen LogP contribution in [0.2, 0.25) is 0 Å². The van der Waals surface area contributed by atoms with Gasteiger partial charge in [0.1, 0.15) is 11.2 Å². The Kier molecular flexibility index (Phi) is 4.76. The summed E-state index contributed by atoms with van der Waals surface area (Å²) in [6.45, 7) is 0.